The van der Waals surface area contributed by atoms with Crippen LogP contribution >= 0.6 is 0 Å². The zero-order chi connectivity index (χ0) is 21.1. The zero-order valence-electron chi connectivity index (χ0n) is 18.1. The standard InChI is InChI=1S/C21H33N5O3/c1-6-29-13-7-12-22-21(23-14-17-8-10-18(27-4)11-9-17)24-15-19-16(2)25-26(3)20(19)28-5/h8-11H,6-7,12-15H2,1-5H3,(H2,22,23,24). The lowest BCUT2D eigenvalue weighted by molar-refractivity contribution is 0.145. The van der Waals surface area contributed by atoms with Crippen molar-refractivity contribution in [2.24, 2.45) is 12.0 Å². The van der Waals surface area contributed by atoms with Crippen LogP contribution in [-0.4, -0.2) is 49.7 Å². The maximum Gasteiger partial charge on any atom is 0.216 e. The molecule has 1 aromatic heterocycles. The van der Waals surface area contributed by atoms with E-state index in [1.165, 1.54) is 0 Å². The second-order valence-electron chi connectivity index (χ2n) is 6.54. The molecule has 160 valence electrons. The Morgan fingerprint density at radius 3 is 2.55 bits per heavy atom. The SMILES string of the molecule is CCOCCCNC(=NCc1ccc(OC)cc1)NCc1c(C)nn(C)c1OC. The van der Waals surface area contributed by atoms with Crippen LogP contribution in [-0.2, 0) is 24.9 Å². The summed E-state index contributed by atoms with van der Waals surface area (Å²) in [6.07, 6.45) is 0.909. The first kappa shape index (κ1) is 22.5. The highest BCUT2D eigenvalue weighted by molar-refractivity contribution is 5.79. The topological polar surface area (TPSA) is 81.9 Å². The molecule has 8 nitrogen and oxygen atoms in total. The van der Waals surface area contributed by atoms with E-state index in [1.54, 1.807) is 18.9 Å². The monoisotopic (exact) mass is 403 g/mol. The fourth-order valence-electron chi connectivity index (χ4n) is 2.91. The molecule has 0 aliphatic carbocycles. The minimum atomic E-state index is 0.563. The predicted molar refractivity (Wildman–Crippen MR) is 115 cm³/mol. The van der Waals surface area contributed by atoms with Gasteiger partial charge in [0.05, 0.1) is 38.6 Å². The highest BCUT2D eigenvalue weighted by Gasteiger charge is 2.14. The van der Waals surface area contributed by atoms with Crippen molar-refractivity contribution in [2.75, 3.05) is 34.0 Å². The van der Waals surface area contributed by atoms with Crippen LogP contribution in [0.3, 0.4) is 0 Å². The van der Waals surface area contributed by atoms with Crippen molar-refractivity contribution < 1.29 is 14.2 Å². The number of aryl methyl sites for hydroxylation is 2. The fraction of sp³-hybridized carbons (Fsp3) is 0.524. The van der Waals surface area contributed by atoms with Crippen LogP contribution in [0.25, 0.3) is 0 Å². The maximum absolute atomic E-state index is 5.48. The molecule has 0 radical (unpaired) electrons. The minimum Gasteiger partial charge on any atom is -0.497 e. The summed E-state index contributed by atoms with van der Waals surface area (Å²) in [7, 11) is 5.20. The summed E-state index contributed by atoms with van der Waals surface area (Å²) < 4.78 is 17.8. The molecule has 0 amide bonds. The van der Waals surface area contributed by atoms with Crippen LogP contribution in [0.5, 0.6) is 11.6 Å². The van der Waals surface area contributed by atoms with Gasteiger partial charge < -0.3 is 24.8 Å². The van der Waals surface area contributed by atoms with Crippen molar-refractivity contribution in [1.29, 1.82) is 0 Å². The summed E-state index contributed by atoms with van der Waals surface area (Å²) in [5, 5.41) is 11.2. The summed E-state index contributed by atoms with van der Waals surface area (Å²) in [4.78, 5) is 4.72. The highest BCUT2D eigenvalue weighted by atomic mass is 16.5. The van der Waals surface area contributed by atoms with Gasteiger partial charge in [-0.3, -0.25) is 0 Å². The first-order chi connectivity index (χ1) is 14.1. The molecule has 2 N–H and O–H groups in total. The lowest BCUT2D eigenvalue weighted by Crippen LogP contribution is -2.38. The molecule has 2 aromatic rings. The molecule has 0 aliphatic rings. The van der Waals surface area contributed by atoms with E-state index >= 15 is 0 Å². The molecule has 2 rings (SSSR count). The molecule has 0 spiro atoms. The average molecular weight is 404 g/mol. The number of aliphatic imine (C=N–C) groups is 1. The number of methoxy groups -OCH3 is 2. The first-order valence-corrected chi connectivity index (χ1v) is 9.88. The summed E-state index contributed by atoms with van der Waals surface area (Å²) in [5.74, 6) is 2.33. The molecule has 1 heterocycles. The predicted octanol–water partition coefficient (Wildman–Crippen LogP) is 2.41. The van der Waals surface area contributed by atoms with Crippen molar-refractivity contribution >= 4 is 5.96 Å². The quantitative estimate of drug-likeness (QED) is 0.341. The van der Waals surface area contributed by atoms with Gasteiger partial charge in [0.2, 0.25) is 5.88 Å². The van der Waals surface area contributed by atoms with Crippen molar-refractivity contribution in [3.8, 4) is 11.6 Å². The molecule has 8 heteroatoms. The Balaban J connectivity index is 2.03. The van der Waals surface area contributed by atoms with Crippen molar-refractivity contribution in [3.63, 3.8) is 0 Å². The Labute approximate surface area is 173 Å². The molecular weight excluding hydrogens is 370 g/mol. The van der Waals surface area contributed by atoms with Gasteiger partial charge in [-0.2, -0.15) is 5.10 Å². The van der Waals surface area contributed by atoms with Gasteiger partial charge in [-0.05, 0) is 38.0 Å². The molecule has 0 atom stereocenters. The lowest BCUT2D eigenvalue weighted by Gasteiger charge is -2.13. The normalized spacial score (nSPS) is 11.4. The van der Waals surface area contributed by atoms with E-state index in [9.17, 15) is 0 Å². The van der Waals surface area contributed by atoms with E-state index in [1.807, 2.05) is 45.2 Å². The van der Waals surface area contributed by atoms with E-state index in [2.05, 4.69) is 15.7 Å². The van der Waals surface area contributed by atoms with Gasteiger partial charge in [0.1, 0.15) is 5.75 Å². The summed E-state index contributed by atoms with van der Waals surface area (Å²) >= 11 is 0. The molecule has 0 unspecified atom stereocenters. The third-order valence-corrected chi connectivity index (χ3v) is 4.46. The molecule has 0 saturated carbocycles. The Hall–Kier alpha value is -2.74. The van der Waals surface area contributed by atoms with Crippen LogP contribution < -0.4 is 20.1 Å². The number of nitrogens with one attached hydrogen (secondary N) is 2. The lowest BCUT2D eigenvalue weighted by atomic mass is 10.2. The molecule has 0 aliphatic heterocycles. The maximum atomic E-state index is 5.48. The number of benzene rings is 1. The van der Waals surface area contributed by atoms with Gasteiger partial charge in [0, 0.05) is 26.8 Å². The first-order valence-electron chi connectivity index (χ1n) is 9.88. The number of hydrogen-bond donors (Lipinski definition) is 2. The summed E-state index contributed by atoms with van der Waals surface area (Å²) in [5.41, 5.74) is 3.06. The average Bonchev–Trinajstić information content (AvgIpc) is 3.01. The summed E-state index contributed by atoms with van der Waals surface area (Å²) in [6, 6.07) is 7.92. The van der Waals surface area contributed by atoms with Crippen LogP contribution in [0.15, 0.2) is 29.3 Å². The number of aromatic nitrogens is 2. The van der Waals surface area contributed by atoms with E-state index < -0.39 is 0 Å². The Morgan fingerprint density at radius 1 is 1.14 bits per heavy atom. The molecule has 29 heavy (non-hydrogen) atoms. The van der Waals surface area contributed by atoms with Gasteiger partial charge >= 0.3 is 0 Å². The van der Waals surface area contributed by atoms with Crippen molar-refractivity contribution in [1.82, 2.24) is 20.4 Å². The van der Waals surface area contributed by atoms with Crippen LogP contribution in [0, 0.1) is 6.92 Å². The Bertz CT molecular complexity index is 771. The Kier molecular flexibility index (Phi) is 9.30. The van der Waals surface area contributed by atoms with Gasteiger partial charge in [0.15, 0.2) is 5.96 Å². The number of ether oxygens (including phenoxy) is 3. The van der Waals surface area contributed by atoms with Crippen LogP contribution in [0.1, 0.15) is 30.2 Å². The number of guanidine groups is 1. The summed E-state index contributed by atoms with van der Waals surface area (Å²) in [6.45, 7) is 7.35. The zero-order valence-corrected chi connectivity index (χ0v) is 18.1. The third kappa shape index (κ3) is 6.98. The fourth-order valence-corrected chi connectivity index (χ4v) is 2.91. The van der Waals surface area contributed by atoms with Gasteiger partial charge in [-0.1, -0.05) is 12.1 Å². The minimum absolute atomic E-state index is 0.563. The van der Waals surface area contributed by atoms with Gasteiger partial charge in [-0.15, -0.1) is 0 Å². The van der Waals surface area contributed by atoms with Crippen molar-refractivity contribution in [3.05, 3.63) is 41.1 Å². The molecular formula is C21H33N5O3. The molecule has 0 bridgehead atoms. The van der Waals surface area contributed by atoms with Crippen LogP contribution in [0.4, 0.5) is 0 Å². The third-order valence-electron chi connectivity index (χ3n) is 4.46. The van der Waals surface area contributed by atoms with Crippen LogP contribution in [0.2, 0.25) is 0 Å². The second kappa shape index (κ2) is 12.0. The van der Waals surface area contributed by atoms with E-state index in [0.717, 1.165) is 60.6 Å². The second-order valence-corrected chi connectivity index (χ2v) is 6.54. The molecule has 0 fully saturated rings. The molecule has 0 saturated heterocycles. The largest absolute Gasteiger partial charge is 0.497 e. The molecule has 1 aromatic carbocycles. The Morgan fingerprint density at radius 2 is 1.90 bits per heavy atom. The number of rotatable bonds is 11. The number of nitrogens with zero attached hydrogens (tertiary/aromatic N) is 3. The highest BCUT2D eigenvalue weighted by Crippen LogP contribution is 2.20. The van der Waals surface area contributed by atoms with E-state index in [0.29, 0.717) is 13.1 Å². The van der Waals surface area contributed by atoms with Gasteiger partial charge in [0.25, 0.3) is 0 Å². The number of hydrogen-bond acceptors (Lipinski definition) is 5. The van der Waals surface area contributed by atoms with E-state index in [4.69, 9.17) is 19.2 Å². The van der Waals surface area contributed by atoms with Crippen molar-refractivity contribution in [2.45, 2.75) is 33.4 Å². The smallest absolute Gasteiger partial charge is 0.216 e. The van der Waals surface area contributed by atoms with E-state index in [-0.39, 0.29) is 0 Å². The van der Waals surface area contributed by atoms with Gasteiger partial charge in [-0.25, -0.2) is 9.67 Å².